The zero-order chi connectivity index (χ0) is 34.5. The van der Waals surface area contributed by atoms with Crippen LogP contribution in [0.4, 0.5) is 9.59 Å². The predicted molar refractivity (Wildman–Crippen MR) is 161 cm³/mol. The number of ether oxygens (including phenoxy) is 4. The molecule has 0 aliphatic carbocycles. The number of rotatable bonds is 15. The van der Waals surface area contributed by atoms with Crippen molar-refractivity contribution in [3.8, 4) is 0 Å². The third-order valence-electron chi connectivity index (χ3n) is 6.46. The van der Waals surface area contributed by atoms with E-state index in [9.17, 15) is 28.5 Å². The van der Waals surface area contributed by atoms with Gasteiger partial charge in [0.1, 0.15) is 19.3 Å². The van der Waals surface area contributed by atoms with Crippen LogP contribution in [0.1, 0.15) is 53.5 Å². The maximum atomic E-state index is 13.0. The third kappa shape index (κ3) is 12.9. The number of phosphoric ester groups is 1. The molecule has 17 heteroatoms. The lowest BCUT2D eigenvalue weighted by molar-refractivity contribution is -0.149. The first-order chi connectivity index (χ1) is 21.5. The van der Waals surface area contributed by atoms with Crippen LogP contribution < -0.4 is 16.0 Å². The van der Waals surface area contributed by atoms with Gasteiger partial charge >= 0.3 is 31.9 Å². The number of phosphoric acid groups is 1. The molecule has 1 aromatic carbocycles. The average molecular weight is 674 g/mol. The van der Waals surface area contributed by atoms with E-state index in [4.69, 9.17) is 27.8 Å². The van der Waals surface area contributed by atoms with Crippen LogP contribution in [0.5, 0.6) is 0 Å². The van der Waals surface area contributed by atoms with Crippen molar-refractivity contribution >= 4 is 37.9 Å². The molecule has 1 saturated heterocycles. The molecule has 0 saturated carbocycles. The summed E-state index contributed by atoms with van der Waals surface area (Å²) in [6.45, 7) is 8.50. The molecular formula is C29H44N3O13P. The van der Waals surface area contributed by atoms with Crippen LogP contribution in [0.15, 0.2) is 30.3 Å². The van der Waals surface area contributed by atoms with Gasteiger partial charge in [0.05, 0.1) is 25.7 Å². The zero-order valence-corrected chi connectivity index (χ0v) is 28.0. The number of carbonyl (C=O) groups excluding carboxylic acids is 5. The molecule has 258 valence electrons. The van der Waals surface area contributed by atoms with Crippen molar-refractivity contribution in [2.24, 2.45) is 11.3 Å². The molecule has 1 heterocycles. The fourth-order valence-electron chi connectivity index (χ4n) is 3.80. The first-order valence-corrected chi connectivity index (χ1v) is 15.9. The van der Waals surface area contributed by atoms with Crippen molar-refractivity contribution in [3.63, 3.8) is 0 Å². The first-order valence-electron chi connectivity index (χ1n) is 14.5. The van der Waals surface area contributed by atoms with Crippen LogP contribution >= 0.6 is 7.82 Å². The van der Waals surface area contributed by atoms with Crippen LogP contribution in [-0.4, -0.2) is 81.4 Å². The second kappa shape index (κ2) is 17.3. The van der Waals surface area contributed by atoms with Gasteiger partial charge in [-0.2, -0.15) is 0 Å². The molecule has 1 fully saturated rings. The van der Waals surface area contributed by atoms with Crippen molar-refractivity contribution in [2.75, 3.05) is 33.7 Å². The highest BCUT2D eigenvalue weighted by Gasteiger charge is 2.49. The van der Waals surface area contributed by atoms with Crippen molar-refractivity contribution in [2.45, 2.75) is 72.3 Å². The summed E-state index contributed by atoms with van der Waals surface area (Å²) in [5.41, 5.74) is -1.26. The van der Waals surface area contributed by atoms with Gasteiger partial charge in [0.25, 0.3) is 0 Å². The molecule has 2 rings (SSSR count). The van der Waals surface area contributed by atoms with Gasteiger partial charge in [0, 0.05) is 12.0 Å². The number of methoxy groups -OCH3 is 1. The van der Waals surface area contributed by atoms with Gasteiger partial charge in [0.15, 0.2) is 6.10 Å². The van der Waals surface area contributed by atoms with Gasteiger partial charge in [-0.15, -0.1) is 0 Å². The zero-order valence-electron chi connectivity index (χ0n) is 27.1. The number of esters is 2. The highest BCUT2D eigenvalue weighted by atomic mass is 31.2. The number of alkyl carbamates (subject to hydrolysis) is 2. The van der Waals surface area contributed by atoms with Gasteiger partial charge in [-0.25, -0.2) is 23.5 Å². The third-order valence-corrected chi connectivity index (χ3v) is 7.79. The summed E-state index contributed by atoms with van der Waals surface area (Å²) in [4.78, 5) is 61.4. The van der Waals surface area contributed by atoms with E-state index in [-0.39, 0.29) is 38.7 Å². The molecule has 0 aromatic heterocycles. The minimum atomic E-state index is -4.32. The minimum Gasteiger partial charge on any atom is -0.469 e. The highest BCUT2D eigenvalue weighted by Crippen LogP contribution is 2.57. The second-order valence-electron chi connectivity index (χ2n) is 12.0. The van der Waals surface area contributed by atoms with Gasteiger partial charge in [0.2, 0.25) is 12.7 Å². The van der Waals surface area contributed by atoms with E-state index in [1.54, 1.807) is 53.7 Å². The molecule has 1 aliphatic rings. The SMILES string of the molecule is COC(=O)CCNC(=O)[C@@H]1O[P@@](=O)(OCOC(=O)NC(C)(C)COC(=O)[C@@H](NC(=O)OCc2ccccc2)C(C)C)OCC1(C)C. The summed E-state index contributed by atoms with van der Waals surface area (Å²) >= 11 is 0. The molecular weight excluding hydrogens is 629 g/mol. The standard InChI is InChI=1S/C29H44N3O13P/c1-19(2)22(31-26(36)40-15-20-11-9-8-10-12-20)25(35)41-17-29(5,6)32-27(37)42-18-44-46(38)43-16-28(3,4)23(45-46)24(34)30-14-13-21(33)39-7/h8-12,19,22-23H,13-18H2,1-7H3,(H,30,34)(H,31,36)(H,32,37)/t22-,23-,46+/m0/s1. The molecule has 46 heavy (non-hydrogen) atoms. The van der Waals surface area contributed by atoms with E-state index < -0.39 is 67.7 Å². The lowest BCUT2D eigenvalue weighted by Gasteiger charge is -2.39. The largest absolute Gasteiger partial charge is 0.478 e. The van der Waals surface area contributed by atoms with E-state index in [1.807, 2.05) is 18.2 Å². The quantitative estimate of drug-likeness (QED) is 0.106. The molecule has 3 atom stereocenters. The summed E-state index contributed by atoms with van der Waals surface area (Å²) in [5, 5.41) is 7.49. The Balaban J connectivity index is 1.81. The molecule has 1 aromatic rings. The minimum absolute atomic E-state index is 0.0232. The van der Waals surface area contributed by atoms with Crippen molar-refractivity contribution in [3.05, 3.63) is 35.9 Å². The number of benzene rings is 1. The molecule has 0 bridgehead atoms. The Bertz CT molecular complexity index is 1260. The van der Waals surface area contributed by atoms with Crippen LogP contribution in [0.2, 0.25) is 0 Å². The van der Waals surface area contributed by atoms with E-state index in [1.165, 1.54) is 7.11 Å². The fourth-order valence-corrected chi connectivity index (χ4v) is 5.31. The molecule has 0 unspecified atom stereocenters. The molecule has 3 amide bonds. The average Bonchev–Trinajstić information content (AvgIpc) is 2.99. The Kier molecular flexibility index (Phi) is 14.4. The maximum Gasteiger partial charge on any atom is 0.478 e. The second-order valence-corrected chi connectivity index (χ2v) is 13.7. The van der Waals surface area contributed by atoms with Gasteiger partial charge < -0.3 is 34.9 Å². The van der Waals surface area contributed by atoms with Crippen molar-refractivity contribution in [1.29, 1.82) is 0 Å². The Morgan fingerprint density at radius 3 is 2.35 bits per heavy atom. The Morgan fingerprint density at radius 2 is 1.72 bits per heavy atom. The summed E-state index contributed by atoms with van der Waals surface area (Å²) in [6, 6.07) is 8.02. The van der Waals surface area contributed by atoms with E-state index >= 15 is 0 Å². The monoisotopic (exact) mass is 673 g/mol. The lowest BCUT2D eigenvalue weighted by atomic mass is 9.87. The van der Waals surface area contributed by atoms with Crippen LogP contribution in [0.3, 0.4) is 0 Å². The molecule has 0 spiro atoms. The summed E-state index contributed by atoms with van der Waals surface area (Å²) in [7, 11) is -3.10. The van der Waals surface area contributed by atoms with Gasteiger partial charge in [-0.1, -0.05) is 58.0 Å². The predicted octanol–water partition coefficient (Wildman–Crippen LogP) is 3.19. The number of hydrogen-bond donors (Lipinski definition) is 3. The first kappa shape index (κ1) is 38.5. The molecule has 1 aliphatic heterocycles. The van der Waals surface area contributed by atoms with Crippen LogP contribution in [0.25, 0.3) is 0 Å². The highest BCUT2D eigenvalue weighted by molar-refractivity contribution is 7.48. The lowest BCUT2D eigenvalue weighted by Crippen LogP contribution is -2.51. The number of nitrogens with one attached hydrogen (secondary N) is 3. The molecule has 16 nitrogen and oxygen atoms in total. The fraction of sp³-hybridized carbons (Fsp3) is 0.621. The summed E-state index contributed by atoms with van der Waals surface area (Å²) in [5.74, 6) is -2.24. The van der Waals surface area contributed by atoms with Crippen LogP contribution in [0, 0.1) is 11.3 Å². The van der Waals surface area contributed by atoms with Crippen LogP contribution in [-0.2, 0) is 58.1 Å². The normalized spacial score (nSPS) is 19.7. The van der Waals surface area contributed by atoms with Crippen molar-refractivity contribution < 1.29 is 61.1 Å². The van der Waals surface area contributed by atoms with Crippen molar-refractivity contribution in [1.82, 2.24) is 16.0 Å². The Hall–Kier alpha value is -3.72. The summed E-state index contributed by atoms with van der Waals surface area (Å²) < 4.78 is 48.6. The smallest absolute Gasteiger partial charge is 0.469 e. The van der Waals surface area contributed by atoms with E-state index in [0.717, 1.165) is 5.56 Å². The Morgan fingerprint density at radius 1 is 1.04 bits per heavy atom. The number of amides is 3. The van der Waals surface area contributed by atoms with Gasteiger partial charge in [-0.3, -0.25) is 18.6 Å². The molecule has 3 N–H and O–H groups in total. The summed E-state index contributed by atoms with van der Waals surface area (Å²) in [6.07, 6.45) is -3.14. The van der Waals surface area contributed by atoms with E-state index in [2.05, 4.69) is 20.7 Å². The Labute approximate surface area is 268 Å². The van der Waals surface area contributed by atoms with Gasteiger partial charge in [-0.05, 0) is 25.3 Å². The topological polar surface area (TPSA) is 203 Å². The maximum absolute atomic E-state index is 13.0. The van der Waals surface area contributed by atoms with E-state index in [0.29, 0.717) is 0 Å². The number of carbonyl (C=O) groups is 5. The number of hydrogen-bond acceptors (Lipinski definition) is 13. The molecule has 0 radical (unpaired) electrons.